The van der Waals surface area contributed by atoms with Gasteiger partial charge in [-0.1, -0.05) is 6.07 Å². The molecule has 2 rings (SSSR count). The zero-order valence-corrected chi connectivity index (χ0v) is 10.6. The fourth-order valence-electron chi connectivity index (χ4n) is 1.79. The second kappa shape index (κ2) is 6.20. The number of guanidine groups is 1. The molecule has 0 radical (unpaired) electrons. The summed E-state index contributed by atoms with van der Waals surface area (Å²) in [5.41, 5.74) is 6.54. The van der Waals surface area contributed by atoms with Crippen molar-refractivity contribution in [2.24, 2.45) is 10.7 Å². The second-order valence-corrected chi connectivity index (χ2v) is 4.05. The first-order chi connectivity index (χ1) is 8.79. The number of nitrogens with zero attached hydrogens (tertiary/aromatic N) is 3. The Bertz CT molecular complexity index is 415. The SMILES string of the molecule is CN=C(N)NCc1cccc(N2CCOCC2)n1. The van der Waals surface area contributed by atoms with E-state index in [-0.39, 0.29) is 0 Å². The lowest BCUT2D eigenvalue weighted by atomic mass is 10.3. The largest absolute Gasteiger partial charge is 0.378 e. The van der Waals surface area contributed by atoms with Crippen LogP contribution >= 0.6 is 0 Å². The Morgan fingerprint density at radius 2 is 2.28 bits per heavy atom. The Morgan fingerprint density at radius 1 is 1.50 bits per heavy atom. The van der Waals surface area contributed by atoms with Crippen LogP contribution < -0.4 is 16.0 Å². The van der Waals surface area contributed by atoms with Crippen molar-refractivity contribution < 1.29 is 4.74 Å². The van der Waals surface area contributed by atoms with Crippen molar-refractivity contribution in [2.75, 3.05) is 38.3 Å². The minimum absolute atomic E-state index is 0.425. The molecular formula is C12H19N5O. The average molecular weight is 249 g/mol. The lowest BCUT2D eigenvalue weighted by molar-refractivity contribution is 0.122. The van der Waals surface area contributed by atoms with Crippen LogP contribution in [0, 0.1) is 0 Å². The molecule has 0 aliphatic carbocycles. The topological polar surface area (TPSA) is 75.8 Å². The zero-order valence-electron chi connectivity index (χ0n) is 10.6. The van der Waals surface area contributed by atoms with E-state index in [9.17, 15) is 0 Å². The number of hydrogen-bond donors (Lipinski definition) is 2. The van der Waals surface area contributed by atoms with E-state index in [1.54, 1.807) is 7.05 Å². The highest BCUT2D eigenvalue weighted by Crippen LogP contribution is 2.13. The van der Waals surface area contributed by atoms with Gasteiger partial charge in [-0.3, -0.25) is 4.99 Å². The highest BCUT2D eigenvalue weighted by molar-refractivity contribution is 5.77. The molecule has 6 heteroatoms. The highest BCUT2D eigenvalue weighted by Gasteiger charge is 2.12. The molecule has 1 aromatic rings. The Morgan fingerprint density at radius 3 is 3.00 bits per heavy atom. The van der Waals surface area contributed by atoms with Gasteiger partial charge in [-0.05, 0) is 12.1 Å². The van der Waals surface area contributed by atoms with Crippen LogP contribution in [0.5, 0.6) is 0 Å². The lowest BCUT2D eigenvalue weighted by Gasteiger charge is -2.28. The van der Waals surface area contributed by atoms with E-state index in [1.165, 1.54) is 0 Å². The molecule has 0 saturated carbocycles. The first-order valence-electron chi connectivity index (χ1n) is 6.04. The Balaban J connectivity index is 2.00. The van der Waals surface area contributed by atoms with Gasteiger partial charge in [0.2, 0.25) is 0 Å². The first-order valence-corrected chi connectivity index (χ1v) is 6.04. The molecule has 1 saturated heterocycles. The molecule has 98 valence electrons. The number of aromatic nitrogens is 1. The van der Waals surface area contributed by atoms with E-state index in [0.29, 0.717) is 12.5 Å². The summed E-state index contributed by atoms with van der Waals surface area (Å²) >= 11 is 0. The van der Waals surface area contributed by atoms with E-state index in [1.807, 2.05) is 18.2 Å². The predicted octanol–water partition coefficient (Wildman–Crippen LogP) is -0.0477. The molecule has 1 aliphatic rings. The molecule has 0 spiro atoms. The van der Waals surface area contributed by atoms with Crippen LogP contribution in [0.4, 0.5) is 5.82 Å². The van der Waals surface area contributed by atoms with Crippen molar-refractivity contribution in [1.29, 1.82) is 0 Å². The van der Waals surface area contributed by atoms with E-state index in [0.717, 1.165) is 37.8 Å². The smallest absolute Gasteiger partial charge is 0.188 e. The van der Waals surface area contributed by atoms with Gasteiger partial charge in [0.25, 0.3) is 0 Å². The molecule has 6 nitrogen and oxygen atoms in total. The molecule has 3 N–H and O–H groups in total. The van der Waals surface area contributed by atoms with Crippen molar-refractivity contribution in [3.05, 3.63) is 23.9 Å². The number of nitrogens with two attached hydrogens (primary N) is 1. The van der Waals surface area contributed by atoms with Gasteiger partial charge in [-0.2, -0.15) is 0 Å². The summed E-state index contributed by atoms with van der Waals surface area (Å²) in [6, 6.07) is 6.00. The maximum Gasteiger partial charge on any atom is 0.188 e. The van der Waals surface area contributed by atoms with Crippen molar-refractivity contribution >= 4 is 11.8 Å². The van der Waals surface area contributed by atoms with Crippen LogP contribution in [-0.4, -0.2) is 44.3 Å². The van der Waals surface area contributed by atoms with Crippen LogP contribution in [0.25, 0.3) is 0 Å². The normalized spacial score (nSPS) is 16.7. The van der Waals surface area contributed by atoms with Crippen LogP contribution in [0.1, 0.15) is 5.69 Å². The van der Waals surface area contributed by atoms with Gasteiger partial charge in [0.05, 0.1) is 25.5 Å². The summed E-state index contributed by atoms with van der Waals surface area (Å²) in [5.74, 6) is 1.41. The molecule has 0 amide bonds. The summed E-state index contributed by atoms with van der Waals surface area (Å²) < 4.78 is 5.33. The first kappa shape index (κ1) is 12.6. The van der Waals surface area contributed by atoms with Crippen molar-refractivity contribution in [1.82, 2.24) is 10.3 Å². The number of nitrogens with one attached hydrogen (secondary N) is 1. The predicted molar refractivity (Wildman–Crippen MR) is 71.7 cm³/mol. The molecule has 1 aromatic heterocycles. The third-order valence-electron chi connectivity index (χ3n) is 2.82. The molecule has 0 atom stereocenters. The molecule has 1 aliphatic heterocycles. The number of hydrogen-bond acceptors (Lipinski definition) is 4. The quantitative estimate of drug-likeness (QED) is 0.580. The third-order valence-corrected chi connectivity index (χ3v) is 2.82. The second-order valence-electron chi connectivity index (χ2n) is 4.05. The molecule has 1 fully saturated rings. The molecule has 2 heterocycles. The molecule has 0 aromatic carbocycles. The van der Waals surface area contributed by atoms with E-state index in [4.69, 9.17) is 10.5 Å². The van der Waals surface area contributed by atoms with Gasteiger partial charge in [0, 0.05) is 20.1 Å². The highest BCUT2D eigenvalue weighted by atomic mass is 16.5. The Labute approximate surface area is 107 Å². The van der Waals surface area contributed by atoms with Gasteiger partial charge in [-0.15, -0.1) is 0 Å². The minimum atomic E-state index is 0.425. The summed E-state index contributed by atoms with van der Waals surface area (Å²) in [4.78, 5) is 10.7. The van der Waals surface area contributed by atoms with Gasteiger partial charge >= 0.3 is 0 Å². The van der Waals surface area contributed by atoms with Gasteiger partial charge in [0.15, 0.2) is 5.96 Å². The van der Waals surface area contributed by atoms with Crippen LogP contribution in [0.2, 0.25) is 0 Å². The maximum atomic E-state index is 5.59. The van der Waals surface area contributed by atoms with E-state index < -0.39 is 0 Å². The van der Waals surface area contributed by atoms with Gasteiger partial charge < -0.3 is 20.7 Å². The van der Waals surface area contributed by atoms with E-state index >= 15 is 0 Å². The van der Waals surface area contributed by atoms with Crippen molar-refractivity contribution in [3.8, 4) is 0 Å². The van der Waals surface area contributed by atoms with Crippen LogP contribution in [-0.2, 0) is 11.3 Å². The van der Waals surface area contributed by atoms with Crippen LogP contribution in [0.15, 0.2) is 23.2 Å². The zero-order chi connectivity index (χ0) is 12.8. The Hall–Kier alpha value is -1.82. The number of rotatable bonds is 3. The molecule has 0 bridgehead atoms. The van der Waals surface area contributed by atoms with E-state index in [2.05, 4.69) is 20.2 Å². The van der Waals surface area contributed by atoms with Crippen molar-refractivity contribution in [2.45, 2.75) is 6.54 Å². The minimum Gasteiger partial charge on any atom is -0.378 e. The molecule has 18 heavy (non-hydrogen) atoms. The Kier molecular flexibility index (Phi) is 4.35. The standard InChI is InChI=1S/C12H19N5O/c1-14-12(13)15-9-10-3-2-4-11(16-10)17-5-7-18-8-6-17/h2-4H,5-9H2,1H3,(H3,13,14,15). The molecule has 0 unspecified atom stereocenters. The average Bonchev–Trinajstić information content (AvgIpc) is 2.46. The van der Waals surface area contributed by atoms with Crippen LogP contribution in [0.3, 0.4) is 0 Å². The lowest BCUT2D eigenvalue weighted by Crippen LogP contribution is -2.37. The van der Waals surface area contributed by atoms with Gasteiger partial charge in [-0.25, -0.2) is 4.98 Å². The summed E-state index contributed by atoms with van der Waals surface area (Å²) in [7, 11) is 1.65. The number of ether oxygens (including phenoxy) is 1. The number of morpholine rings is 1. The van der Waals surface area contributed by atoms with Gasteiger partial charge in [0.1, 0.15) is 5.82 Å². The number of pyridine rings is 1. The number of anilines is 1. The maximum absolute atomic E-state index is 5.59. The monoisotopic (exact) mass is 249 g/mol. The summed E-state index contributed by atoms with van der Waals surface area (Å²) in [6.45, 7) is 3.89. The summed E-state index contributed by atoms with van der Waals surface area (Å²) in [6.07, 6.45) is 0. The number of aliphatic imine (C=N–C) groups is 1. The fraction of sp³-hybridized carbons (Fsp3) is 0.500. The van der Waals surface area contributed by atoms with Crippen molar-refractivity contribution in [3.63, 3.8) is 0 Å². The third kappa shape index (κ3) is 3.33. The molecular weight excluding hydrogens is 230 g/mol. The summed E-state index contributed by atoms with van der Waals surface area (Å²) in [5, 5.41) is 3.00. The fourth-order valence-corrected chi connectivity index (χ4v) is 1.79.